The van der Waals surface area contributed by atoms with Crippen molar-refractivity contribution in [3.8, 4) is 0 Å². The van der Waals surface area contributed by atoms with Crippen LogP contribution in [-0.2, 0) is 13.6 Å². The van der Waals surface area contributed by atoms with Gasteiger partial charge in [0.1, 0.15) is 0 Å². The summed E-state index contributed by atoms with van der Waals surface area (Å²) in [5, 5.41) is 9.57. The first-order valence-corrected chi connectivity index (χ1v) is 12.4. The maximum atomic E-state index is 12.9. The number of carbonyl (C=O) groups excluding carboxylic acids is 1. The Morgan fingerprint density at radius 1 is 1.09 bits per heavy atom. The van der Waals surface area contributed by atoms with Crippen molar-refractivity contribution in [3.63, 3.8) is 0 Å². The van der Waals surface area contributed by atoms with Crippen molar-refractivity contribution in [2.75, 3.05) is 19.6 Å². The van der Waals surface area contributed by atoms with Crippen LogP contribution in [0.2, 0.25) is 0 Å². The van der Waals surface area contributed by atoms with E-state index in [9.17, 15) is 9.59 Å². The summed E-state index contributed by atoms with van der Waals surface area (Å²) in [5.74, 6) is 1.50. The zero-order chi connectivity index (χ0) is 24.5. The maximum Gasteiger partial charge on any atom is 0.262 e. The van der Waals surface area contributed by atoms with Crippen molar-refractivity contribution in [1.29, 1.82) is 0 Å². The molecule has 5 rings (SSSR count). The predicted molar refractivity (Wildman–Crippen MR) is 137 cm³/mol. The highest BCUT2D eigenvalue weighted by Gasteiger charge is 2.28. The third kappa shape index (κ3) is 4.34. The lowest BCUT2D eigenvalue weighted by Gasteiger charge is -2.38. The molecular formula is C27H32N6O2. The van der Waals surface area contributed by atoms with Crippen LogP contribution in [0.5, 0.6) is 0 Å². The average Bonchev–Trinajstić information content (AvgIpc) is 3.31. The molecule has 0 atom stereocenters. The van der Waals surface area contributed by atoms with E-state index in [1.165, 1.54) is 0 Å². The van der Waals surface area contributed by atoms with E-state index < -0.39 is 0 Å². The van der Waals surface area contributed by atoms with Crippen LogP contribution in [0.25, 0.3) is 16.7 Å². The third-order valence-corrected chi connectivity index (χ3v) is 7.09. The van der Waals surface area contributed by atoms with Gasteiger partial charge in [-0.2, -0.15) is 0 Å². The number of rotatable bonds is 6. The second-order valence-corrected chi connectivity index (χ2v) is 9.50. The standard InChI is InChI=1S/C27H32N6O2/c1-4-14-32(21-12-15-31(16-13-21)25(34)20-8-6-5-7-9-20)18-24-28-29-27-30(3)26(35)22-17-19(2)10-11-23(22)33(24)27/h5-11,17,21H,4,12-16,18H2,1-3H3. The minimum Gasteiger partial charge on any atom is -0.339 e. The van der Waals surface area contributed by atoms with Gasteiger partial charge in [0.15, 0.2) is 5.82 Å². The molecule has 8 nitrogen and oxygen atoms in total. The number of piperidine rings is 1. The van der Waals surface area contributed by atoms with E-state index in [1.54, 1.807) is 11.6 Å². The summed E-state index contributed by atoms with van der Waals surface area (Å²) in [7, 11) is 1.75. The number of fused-ring (bicyclic) bond motifs is 3. The second-order valence-electron chi connectivity index (χ2n) is 9.50. The first-order chi connectivity index (χ1) is 17.0. The van der Waals surface area contributed by atoms with Crippen molar-refractivity contribution >= 4 is 22.6 Å². The topological polar surface area (TPSA) is 75.7 Å². The van der Waals surface area contributed by atoms with E-state index in [1.807, 2.05) is 64.8 Å². The van der Waals surface area contributed by atoms with Crippen LogP contribution in [-0.4, -0.2) is 60.5 Å². The first-order valence-electron chi connectivity index (χ1n) is 12.4. The molecule has 0 N–H and O–H groups in total. The van der Waals surface area contributed by atoms with Crippen molar-refractivity contribution < 1.29 is 4.79 Å². The van der Waals surface area contributed by atoms with Gasteiger partial charge in [0.2, 0.25) is 5.78 Å². The molecule has 35 heavy (non-hydrogen) atoms. The summed E-state index contributed by atoms with van der Waals surface area (Å²) in [6, 6.07) is 15.8. The lowest BCUT2D eigenvalue weighted by Crippen LogP contribution is -2.47. The summed E-state index contributed by atoms with van der Waals surface area (Å²) >= 11 is 0. The molecule has 8 heteroatoms. The molecule has 3 heterocycles. The number of amides is 1. The molecule has 0 bridgehead atoms. The van der Waals surface area contributed by atoms with Gasteiger partial charge in [0.05, 0.1) is 17.4 Å². The van der Waals surface area contributed by atoms with Gasteiger partial charge in [-0.05, 0) is 57.0 Å². The van der Waals surface area contributed by atoms with E-state index in [4.69, 9.17) is 0 Å². The molecule has 1 saturated heterocycles. The molecule has 0 radical (unpaired) electrons. The number of aryl methyl sites for hydroxylation is 2. The summed E-state index contributed by atoms with van der Waals surface area (Å²) < 4.78 is 3.60. The van der Waals surface area contributed by atoms with Gasteiger partial charge in [0.25, 0.3) is 11.5 Å². The predicted octanol–water partition coefficient (Wildman–Crippen LogP) is 3.41. The Balaban J connectivity index is 1.40. The number of nitrogens with zero attached hydrogens (tertiary/aromatic N) is 6. The Hall–Kier alpha value is -3.52. The van der Waals surface area contributed by atoms with Crippen LogP contribution in [0.1, 0.15) is 47.9 Å². The van der Waals surface area contributed by atoms with Gasteiger partial charge in [0, 0.05) is 31.7 Å². The molecule has 0 aliphatic carbocycles. The number of carbonyl (C=O) groups is 1. The van der Waals surface area contributed by atoms with Gasteiger partial charge < -0.3 is 4.90 Å². The number of hydrogen-bond acceptors (Lipinski definition) is 5. The Morgan fingerprint density at radius 2 is 1.83 bits per heavy atom. The molecule has 0 spiro atoms. The lowest BCUT2D eigenvalue weighted by atomic mass is 10.0. The Kier molecular flexibility index (Phi) is 6.38. The Morgan fingerprint density at radius 3 is 2.54 bits per heavy atom. The Bertz CT molecular complexity index is 1420. The minimum absolute atomic E-state index is 0.0592. The molecular weight excluding hydrogens is 440 g/mol. The van der Waals surface area contributed by atoms with Crippen molar-refractivity contribution in [3.05, 3.63) is 75.8 Å². The van der Waals surface area contributed by atoms with Gasteiger partial charge in [-0.15, -0.1) is 10.2 Å². The fraction of sp³-hybridized carbons (Fsp3) is 0.407. The SMILES string of the molecule is CCCN(Cc1nnc2n(C)c(=O)c3cc(C)ccc3n12)C1CCN(C(=O)c2ccccc2)CC1. The highest BCUT2D eigenvalue weighted by Crippen LogP contribution is 2.22. The van der Waals surface area contributed by atoms with Gasteiger partial charge >= 0.3 is 0 Å². The van der Waals surface area contributed by atoms with E-state index in [0.29, 0.717) is 23.8 Å². The van der Waals surface area contributed by atoms with Crippen molar-refractivity contribution in [1.82, 2.24) is 29.0 Å². The van der Waals surface area contributed by atoms with Crippen LogP contribution in [0, 0.1) is 6.92 Å². The molecule has 182 valence electrons. The second kappa shape index (κ2) is 9.62. The van der Waals surface area contributed by atoms with E-state index in [0.717, 1.165) is 61.4 Å². The minimum atomic E-state index is -0.0592. The van der Waals surface area contributed by atoms with Crippen LogP contribution in [0.4, 0.5) is 0 Å². The van der Waals surface area contributed by atoms with Crippen molar-refractivity contribution in [2.24, 2.45) is 7.05 Å². The average molecular weight is 473 g/mol. The molecule has 1 aliphatic heterocycles. The van der Waals surface area contributed by atoms with Gasteiger partial charge in [-0.1, -0.05) is 36.8 Å². The molecule has 0 unspecified atom stereocenters. The van der Waals surface area contributed by atoms with Crippen molar-refractivity contribution in [2.45, 2.75) is 45.7 Å². The quantitative estimate of drug-likeness (QED) is 0.430. The summed E-state index contributed by atoms with van der Waals surface area (Å²) in [6.45, 7) is 7.26. The zero-order valence-electron chi connectivity index (χ0n) is 20.6. The molecule has 0 saturated carbocycles. The van der Waals surface area contributed by atoms with Crippen LogP contribution in [0.15, 0.2) is 53.3 Å². The molecule has 2 aromatic carbocycles. The number of likely N-dealkylation sites (tertiary alicyclic amines) is 1. The highest BCUT2D eigenvalue weighted by molar-refractivity contribution is 5.94. The number of aromatic nitrogens is 4. The maximum absolute atomic E-state index is 12.9. The first kappa shape index (κ1) is 23.2. The fourth-order valence-electron chi connectivity index (χ4n) is 5.22. The van der Waals surface area contributed by atoms with Crippen LogP contribution < -0.4 is 5.56 Å². The van der Waals surface area contributed by atoms with Gasteiger partial charge in [-0.25, -0.2) is 0 Å². The summed E-state index contributed by atoms with van der Waals surface area (Å²) in [4.78, 5) is 30.2. The van der Waals surface area contributed by atoms with E-state index in [-0.39, 0.29) is 11.5 Å². The largest absolute Gasteiger partial charge is 0.339 e. The third-order valence-electron chi connectivity index (χ3n) is 7.09. The van der Waals surface area contributed by atoms with E-state index >= 15 is 0 Å². The smallest absolute Gasteiger partial charge is 0.262 e. The lowest BCUT2D eigenvalue weighted by molar-refractivity contribution is 0.0603. The zero-order valence-corrected chi connectivity index (χ0v) is 20.6. The highest BCUT2D eigenvalue weighted by atomic mass is 16.2. The molecule has 2 aromatic heterocycles. The van der Waals surface area contributed by atoms with Crippen LogP contribution in [0.3, 0.4) is 0 Å². The van der Waals surface area contributed by atoms with Gasteiger partial charge in [-0.3, -0.25) is 23.5 Å². The monoisotopic (exact) mass is 472 g/mol. The molecule has 1 amide bonds. The van der Waals surface area contributed by atoms with Crippen LogP contribution >= 0.6 is 0 Å². The normalized spacial score (nSPS) is 14.9. The number of benzene rings is 2. The summed E-state index contributed by atoms with van der Waals surface area (Å²) in [6.07, 6.45) is 2.87. The Labute approximate surface area is 204 Å². The van der Waals surface area contributed by atoms with E-state index in [2.05, 4.69) is 22.0 Å². The molecule has 1 fully saturated rings. The fourth-order valence-corrected chi connectivity index (χ4v) is 5.22. The number of hydrogen-bond donors (Lipinski definition) is 0. The molecule has 4 aromatic rings. The molecule has 1 aliphatic rings. The summed E-state index contributed by atoms with van der Waals surface area (Å²) in [5.41, 5.74) is 2.58.